The van der Waals surface area contributed by atoms with Crippen LogP contribution in [0.4, 0.5) is 5.69 Å². The molecule has 0 aliphatic heterocycles. The molecular formula is C19H21NO3. The van der Waals surface area contributed by atoms with Crippen LogP contribution in [-0.2, 0) is 4.79 Å². The summed E-state index contributed by atoms with van der Waals surface area (Å²) in [6, 6.07) is 14.1. The van der Waals surface area contributed by atoms with E-state index in [0.717, 1.165) is 0 Å². The molecule has 120 valence electrons. The van der Waals surface area contributed by atoms with Gasteiger partial charge >= 0.3 is 0 Å². The number of anilines is 1. The summed E-state index contributed by atoms with van der Waals surface area (Å²) in [6.07, 6.45) is 0. The van der Waals surface area contributed by atoms with Crippen LogP contribution in [0, 0.1) is 5.41 Å². The summed E-state index contributed by atoms with van der Waals surface area (Å²) < 4.78 is 5.27. The van der Waals surface area contributed by atoms with Crippen LogP contribution in [0.2, 0.25) is 0 Å². The molecule has 0 saturated carbocycles. The number of ketones is 1. The minimum Gasteiger partial charge on any atom is -0.495 e. The van der Waals surface area contributed by atoms with Gasteiger partial charge < -0.3 is 10.1 Å². The highest BCUT2D eigenvalue weighted by molar-refractivity contribution is 6.10. The van der Waals surface area contributed by atoms with E-state index in [1.165, 1.54) is 7.11 Å². The molecule has 0 saturated heterocycles. The van der Waals surface area contributed by atoms with Crippen molar-refractivity contribution >= 4 is 17.4 Å². The van der Waals surface area contributed by atoms with Crippen LogP contribution in [0.1, 0.15) is 36.7 Å². The number of hydrogen-bond donors (Lipinski definition) is 1. The van der Waals surface area contributed by atoms with Gasteiger partial charge in [-0.3, -0.25) is 9.59 Å². The zero-order chi connectivity index (χ0) is 17.0. The maximum absolute atomic E-state index is 12.5. The number of methoxy groups -OCH3 is 1. The SMILES string of the molecule is COc1ccc(C(=O)c2ccccc2)cc1NC(=O)C(C)(C)C. The Morgan fingerprint density at radius 3 is 2.17 bits per heavy atom. The van der Waals surface area contributed by atoms with Crippen molar-refractivity contribution in [1.29, 1.82) is 0 Å². The molecule has 0 spiro atoms. The van der Waals surface area contributed by atoms with Gasteiger partial charge in [-0.2, -0.15) is 0 Å². The fraction of sp³-hybridized carbons (Fsp3) is 0.263. The molecule has 1 amide bonds. The second kappa shape index (κ2) is 6.65. The fourth-order valence-corrected chi connectivity index (χ4v) is 2.01. The van der Waals surface area contributed by atoms with Crippen LogP contribution in [0.3, 0.4) is 0 Å². The molecule has 4 heteroatoms. The number of rotatable bonds is 4. The smallest absolute Gasteiger partial charge is 0.229 e. The maximum Gasteiger partial charge on any atom is 0.229 e. The number of nitrogens with one attached hydrogen (secondary N) is 1. The minimum absolute atomic E-state index is 0.0977. The van der Waals surface area contributed by atoms with Crippen molar-refractivity contribution in [3.8, 4) is 5.75 Å². The van der Waals surface area contributed by atoms with Gasteiger partial charge in [0.25, 0.3) is 0 Å². The largest absolute Gasteiger partial charge is 0.495 e. The highest BCUT2D eigenvalue weighted by Gasteiger charge is 2.23. The molecule has 0 radical (unpaired) electrons. The summed E-state index contributed by atoms with van der Waals surface area (Å²) in [5, 5.41) is 2.83. The van der Waals surface area contributed by atoms with E-state index >= 15 is 0 Å². The van der Waals surface area contributed by atoms with Crippen molar-refractivity contribution in [1.82, 2.24) is 0 Å². The summed E-state index contributed by atoms with van der Waals surface area (Å²) in [5.41, 5.74) is 1.06. The Hall–Kier alpha value is -2.62. The van der Waals surface area contributed by atoms with Crippen molar-refractivity contribution < 1.29 is 14.3 Å². The van der Waals surface area contributed by atoms with E-state index in [1.54, 1.807) is 30.3 Å². The standard InChI is InChI=1S/C19H21NO3/c1-19(2,3)18(22)20-15-12-14(10-11-16(15)23-4)17(21)13-8-6-5-7-9-13/h5-12H,1-4H3,(H,20,22). The molecule has 2 rings (SSSR count). The summed E-state index contributed by atoms with van der Waals surface area (Å²) >= 11 is 0. The van der Waals surface area contributed by atoms with E-state index in [9.17, 15) is 9.59 Å². The third kappa shape index (κ3) is 3.97. The zero-order valence-electron chi connectivity index (χ0n) is 13.8. The predicted octanol–water partition coefficient (Wildman–Crippen LogP) is 3.91. The Bertz CT molecular complexity index is 715. The molecule has 0 unspecified atom stereocenters. The predicted molar refractivity (Wildman–Crippen MR) is 91.0 cm³/mol. The van der Waals surface area contributed by atoms with E-state index < -0.39 is 5.41 Å². The average Bonchev–Trinajstić information content (AvgIpc) is 2.54. The van der Waals surface area contributed by atoms with Crippen LogP contribution in [0.15, 0.2) is 48.5 Å². The summed E-state index contributed by atoms with van der Waals surface area (Å²) in [6.45, 7) is 5.48. The van der Waals surface area contributed by atoms with Gasteiger partial charge in [0.05, 0.1) is 12.8 Å². The van der Waals surface area contributed by atoms with Crippen LogP contribution < -0.4 is 10.1 Å². The maximum atomic E-state index is 12.5. The Kier molecular flexibility index (Phi) is 4.84. The first-order chi connectivity index (χ1) is 10.8. The van der Waals surface area contributed by atoms with Crippen LogP contribution >= 0.6 is 0 Å². The van der Waals surface area contributed by atoms with Crippen LogP contribution in [0.25, 0.3) is 0 Å². The molecule has 0 fully saturated rings. The lowest BCUT2D eigenvalue weighted by molar-refractivity contribution is -0.123. The van der Waals surface area contributed by atoms with Gasteiger partial charge in [-0.1, -0.05) is 51.1 Å². The normalized spacial score (nSPS) is 11.0. The highest BCUT2D eigenvalue weighted by Crippen LogP contribution is 2.28. The summed E-state index contributed by atoms with van der Waals surface area (Å²) in [4.78, 5) is 24.7. The van der Waals surface area contributed by atoms with Gasteiger partial charge in [-0.25, -0.2) is 0 Å². The molecular weight excluding hydrogens is 290 g/mol. The van der Waals surface area contributed by atoms with Crippen molar-refractivity contribution in [2.24, 2.45) is 5.41 Å². The Balaban J connectivity index is 2.36. The molecule has 0 atom stereocenters. The van der Waals surface area contributed by atoms with E-state index in [0.29, 0.717) is 22.6 Å². The molecule has 0 aliphatic rings. The van der Waals surface area contributed by atoms with E-state index in [2.05, 4.69) is 5.32 Å². The second-order valence-electron chi connectivity index (χ2n) is 6.31. The first-order valence-corrected chi connectivity index (χ1v) is 7.42. The lowest BCUT2D eigenvalue weighted by Gasteiger charge is -2.19. The van der Waals surface area contributed by atoms with E-state index in [-0.39, 0.29) is 11.7 Å². The Labute approximate surface area is 136 Å². The fourth-order valence-electron chi connectivity index (χ4n) is 2.01. The average molecular weight is 311 g/mol. The molecule has 0 heterocycles. The van der Waals surface area contributed by atoms with Crippen LogP contribution in [-0.4, -0.2) is 18.8 Å². The highest BCUT2D eigenvalue weighted by atomic mass is 16.5. The number of ether oxygens (including phenoxy) is 1. The first-order valence-electron chi connectivity index (χ1n) is 7.42. The van der Waals surface area contributed by atoms with E-state index in [1.807, 2.05) is 39.0 Å². The third-order valence-corrected chi connectivity index (χ3v) is 3.43. The molecule has 4 nitrogen and oxygen atoms in total. The molecule has 0 aromatic heterocycles. The van der Waals surface area contributed by atoms with Gasteiger partial charge in [-0.05, 0) is 18.2 Å². The van der Waals surface area contributed by atoms with Crippen molar-refractivity contribution in [2.45, 2.75) is 20.8 Å². The van der Waals surface area contributed by atoms with Gasteiger partial charge in [0.15, 0.2) is 5.78 Å². The Morgan fingerprint density at radius 2 is 1.61 bits per heavy atom. The third-order valence-electron chi connectivity index (χ3n) is 3.43. The monoisotopic (exact) mass is 311 g/mol. The van der Waals surface area contributed by atoms with Crippen LogP contribution in [0.5, 0.6) is 5.75 Å². The topological polar surface area (TPSA) is 55.4 Å². The molecule has 0 aliphatic carbocycles. The number of hydrogen-bond acceptors (Lipinski definition) is 3. The quantitative estimate of drug-likeness (QED) is 0.871. The number of carbonyl (C=O) groups is 2. The first kappa shape index (κ1) is 16.7. The molecule has 0 bridgehead atoms. The molecule has 23 heavy (non-hydrogen) atoms. The number of carbonyl (C=O) groups excluding carboxylic acids is 2. The van der Waals surface area contributed by atoms with Crippen molar-refractivity contribution in [3.05, 3.63) is 59.7 Å². The summed E-state index contributed by atoms with van der Waals surface area (Å²) in [5.74, 6) is 0.284. The number of amides is 1. The van der Waals surface area contributed by atoms with Crippen molar-refractivity contribution in [3.63, 3.8) is 0 Å². The van der Waals surface area contributed by atoms with Gasteiger partial charge in [0.1, 0.15) is 5.75 Å². The van der Waals surface area contributed by atoms with Gasteiger partial charge in [0, 0.05) is 16.5 Å². The Morgan fingerprint density at radius 1 is 0.957 bits per heavy atom. The lowest BCUT2D eigenvalue weighted by atomic mass is 9.95. The van der Waals surface area contributed by atoms with Gasteiger partial charge in [-0.15, -0.1) is 0 Å². The second-order valence-corrected chi connectivity index (χ2v) is 6.31. The molecule has 2 aromatic carbocycles. The minimum atomic E-state index is -0.537. The summed E-state index contributed by atoms with van der Waals surface area (Å²) in [7, 11) is 1.53. The molecule has 1 N–H and O–H groups in total. The number of benzene rings is 2. The zero-order valence-corrected chi connectivity index (χ0v) is 13.8. The van der Waals surface area contributed by atoms with E-state index in [4.69, 9.17) is 4.74 Å². The lowest BCUT2D eigenvalue weighted by Crippen LogP contribution is -2.27. The van der Waals surface area contributed by atoms with Crippen molar-refractivity contribution in [2.75, 3.05) is 12.4 Å². The van der Waals surface area contributed by atoms with Gasteiger partial charge in [0.2, 0.25) is 5.91 Å². The molecule has 2 aromatic rings.